The minimum atomic E-state index is 0.167. The van der Waals surface area contributed by atoms with Crippen LogP contribution in [0.4, 0.5) is 17.1 Å². The lowest BCUT2D eigenvalue weighted by atomic mass is 9.37. The number of rotatable bonds is 2. The first kappa shape index (κ1) is 28.8. The van der Waals surface area contributed by atoms with Crippen LogP contribution in [0, 0.1) is 0 Å². The number of thiophene rings is 3. The SMILES string of the molecule is c1ccc2c(c1)B1c3cc4sc5ccccc5c4cc3N(c3ccc4sc5ccccc5c4c3)c3cc(-c4ccc5sc6ccccc6c5c4)cc-2c31. The average molecular weight is 724 g/mol. The fraction of sp³-hybridized carbons (Fsp3) is 0. The number of fused-ring (bicyclic) bond motifs is 14. The third-order valence-electron chi connectivity index (χ3n) is 11.7. The highest BCUT2D eigenvalue weighted by atomic mass is 32.1. The molecule has 1 nitrogen and oxygen atoms in total. The van der Waals surface area contributed by atoms with Crippen LogP contribution in [0.25, 0.3) is 82.8 Å². The first-order chi connectivity index (χ1) is 26.2. The van der Waals surface area contributed by atoms with E-state index in [2.05, 4.69) is 163 Å². The van der Waals surface area contributed by atoms with Crippen molar-refractivity contribution in [3.8, 4) is 22.3 Å². The van der Waals surface area contributed by atoms with Crippen LogP contribution in [0.2, 0.25) is 0 Å². The van der Waals surface area contributed by atoms with Gasteiger partial charge in [-0.3, -0.25) is 0 Å². The van der Waals surface area contributed by atoms with Gasteiger partial charge >= 0.3 is 0 Å². The van der Waals surface area contributed by atoms with Gasteiger partial charge < -0.3 is 4.90 Å². The van der Waals surface area contributed by atoms with Crippen LogP contribution in [-0.4, -0.2) is 6.71 Å². The molecule has 0 amide bonds. The highest BCUT2D eigenvalue weighted by molar-refractivity contribution is 7.26. The molecule has 3 aromatic heterocycles. The Morgan fingerprint density at radius 1 is 0.358 bits per heavy atom. The van der Waals surface area contributed by atoms with Gasteiger partial charge in [-0.1, -0.05) is 90.4 Å². The molecule has 0 saturated heterocycles. The van der Waals surface area contributed by atoms with Gasteiger partial charge in [0.15, 0.2) is 0 Å². The monoisotopic (exact) mass is 723 g/mol. The van der Waals surface area contributed by atoms with Crippen LogP contribution in [0.3, 0.4) is 0 Å². The van der Waals surface area contributed by atoms with Gasteiger partial charge in [0.2, 0.25) is 6.71 Å². The standard InChI is InChI=1S/C48H26BNS3/c1-5-13-38-30(9-1)37-22-28(27-17-19-45-34(21-27)31-10-2-6-14-42(31)51-45)23-41-48(37)49(38)39-26-47-36(33-12-4-8-16-44(33)53-47)25-40(39)50(41)29-18-20-46-35(24-29)32-11-3-7-15-43(32)52-46/h1-26H. The minimum Gasteiger partial charge on any atom is -0.311 e. The maximum atomic E-state index is 2.59. The number of benzene rings is 8. The Morgan fingerprint density at radius 2 is 0.943 bits per heavy atom. The minimum absolute atomic E-state index is 0.167. The third kappa shape index (κ3) is 3.91. The largest absolute Gasteiger partial charge is 0.311 e. The summed E-state index contributed by atoms with van der Waals surface area (Å²) < 4.78 is 8.03. The number of hydrogen-bond donors (Lipinski definition) is 0. The summed E-state index contributed by atoms with van der Waals surface area (Å²) in [6.45, 7) is 0.167. The van der Waals surface area contributed by atoms with Gasteiger partial charge in [-0.15, -0.1) is 34.0 Å². The van der Waals surface area contributed by atoms with Crippen LogP contribution in [0.5, 0.6) is 0 Å². The van der Waals surface area contributed by atoms with Crippen molar-refractivity contribution in [1.82, 2.24) is 0 Å². The van der Waals surface area contributed by atoms with E-state index in [9.17, 15) is 0 Å². The molecule has 2 aliphatic rings. The van der Waals surface area contributed by atoms with E-state index in [1.54, 1.807) is 0 Å². The molecule has 2 aliphatic heterocycles. The molecule has 244 valence electrons. The first-order valence-electron chi connectivity index (χ1n) is 18.1. The van der Waals surface area contributed by atoms with Gasteiger partial charge in [-0.25, -0.2) is 0 Å². The lowest BCUT2D eigenvalue weighted by Crippen LogP contribution is -2.54. The summed E-state index contributed by atoms with van der Waals surface area (Å²) in [6, 6.07) is 59.9. The zero-order valence-electron chi connectivity index (χ0n) is 28.3. The Bertz CT molecular complexity index is 3380. The topological polar surface area (TPSA) is 3.24 Å². The summed E-state index contributed by atoms with van der Waals surface area (Å²) >= 11 is 5.68. The Kier molecular flexibility index (Phi) is 5.69. The summed E-state index contributed by atoms with van der Waals surface area (Å²) in [6.07, 6.45) is 0. The Morgan fingerprint density at radius 3 is 1.68 bits per heavy atom. The molecular weight excluding hydrogens is 698 g/mol. The highest BCUT2D eigenvalue weighted by Gasteiger charge is 2.43. The lowest BCUT2D eigenvalue weighted by molar-refractivity contribution is 1.31. The molecule has 0 atom stereocenters. The van der Waals surface area contributed by atoms with Crippen molar-refractivity contribution >= 4 is 135 Å². The molecule has 0 bridgehead atoms. The Balaban J connectivity index is 1.14. The summed E-state index contributed by atoms with van der Waals surface area (Å²) in [5, 5.41) is 7.97. The van der Waals surface area contributed by atoms with Gasteiger partial charge in [0.05, 0.1) is 0 Å². The van der Waals surface area contributed by atoms with Gasteiger partial charge in [0, 0.05) is 77.6 Å². The van der Waals surface area contributed by atoms with Crippen molar-refractivity contribution in [2.45, 2.75) is 0 Å². The fourth-order valence-electron chi connectivity index (χ4n) is 9.36. The van der Waals surface area contributed by atoms with E-state index in [1.165, 1.54) is 116 Å². The second kappa shape index (κ2) is 10.5. The molecule has 53 heavy (non-hydrogen) atoms. The summed E-state index contributed by atoms with van der Waals surface area (Å²) in [7, 11) is 0. The van der Waals surface area contributed by atoms with E-state index in [4.69, 9.17) is 0 Å². The van der Waals surface area contributed by atoms with Gasteiger partial charge in [0.25, 0.3) is 0 Å². The van der Waals surface area contributed by atoms with E-state index >= 15 is 0 Å². The Labute approximate surface area is 317 Å². The van der Waals surface area contributed by atoms with Crippen LogP contribution in [0.15, 0.2) is 158 Å². The van der Waals surface area contributed by atoms with E-state index in [0.29, 0.717) is 0 Å². The molecule has 0 spiro atoms. The zero-order chi connectivity index (χ0) is 34.4. The molecule has 0 saturated carbocycles. The maximum Gasteiger partial charge on any atom is 0.248 e. The normalized spacial score (nSPS) is 13.2. The molecule has 0 N–H and O–H groups in total. The molecule has 0 fully saturated rings. The van der Waals surface area contributed by atoms with E-state index < -0.39 is 0 Å². The first-order valence-corrected chi connectivity index (χ1v) is 20.6. The molecule has 13 rings (SSSR count). The Hall–Kier alpha value is -5.72. The molecular formula is C48H26BNS3. The summed E-state index contributed by atoms with van der Waals surface area (Å²) in [4.78, 5) is 2.59. The van der Waals surface area contributed by atoms with E-state index in [0.717, 1.165) is 0 Å². The number of hydrogen-bond acceptors (Lipinski definition) is 4. The van der Waals surface area contributed by atoms with Crippen molar-refractivity contribution in [1.29, 1.82) is 0 Å². The quantitative estimate of drug-likeness (QED) is 0.161. The van der Waals surface area contributed by atoms with Gasteiger partial charge in [-0.05, 0) is 106 Å². The molecule has 5 heteroatoms. The van der Waals surface area contributed by atoms with Crippen molar-refractivity contribution in [2.24, 2.45) is 0 Å². The van der Waals surface area contributed by atoms with E-state index in [1.807, 2.05) is 34.0 Å². The van der Waals surface area contributed by atoms with Crippen LogP contribution in [0.1, 0.15) is 0 Å². The second-order valence-corrected chi connectivity index (χ2v) is 17.7. The summed E-state index contributed by atoms with van der Waals surface area (Å²) in [5.41, 5.74) is 13.2. The van der Waals surface area contributed by atoms with Crippen LogP contribution in [-0.2, 0) is 0 Å². The predicted molar refractivity (Wildman–Crippen MR) is 235 cm³/mol. The van der Waals surface area contributed by atoms with Crippen molar-refractivity contribution in [3.05, 3.63) is 158 Å². The molecule has 11 aromatic rings. The van der Waals surface area contributed by atoms with Crippen molar-refractivity contribution in [2.75, 3.05) is 4.90 Å². The van der Waals surface area contributed by atoms with Crippen LogP contribution >= 0.6 is 34.0 Å². The molecule has 0 aliphatic carbocycles. The van der Waals surface area contributed by atoms with Gasteiger partial charge in [-0.2, -0.15) is 0 Å². The van der Waals surface area contributed by atoms with Crippen LogP contribution < -0.4 is 21.3 Å². The molecule has 5 heterocycles. The van der Waals surface area contributed by atoms with E-state index in [-0.39, 0.29) is 6.71 Å². The maximum absolute atomic E-state index is 2.59. The fourth-order valence-corrected chi connectivity index (χ4v) is 12.7. The molecule has 8 aromatic carbocycles. The molecule has 0 radical (unpaired) electrons. The predicted octanol–water partition coefficient (Wildman–Crippen LogP) is 12.7. The second-order valence-electron chi connectivity index (χ2n) is 14.4. The third-order valence-corrected chi connectivity index (χ3v) is 15.1. The smallest absolute Gasteiger partial charge is 0.248 e. The molecule has 0 unspecified atom stereocenters. The number of anilines is 3. The van der Waals surface area contributed by atoms with Crippen molar-refractivity contribution < 1.29 is 0 Å². The zero-order valence-corrected chi connectivity index (χ0v) is 30.7. The summed E-state index contributed by atoms with van der Waals surface area (Å²) in [5.74, 6) is 0. The average Bonchev–Trinajstić information content (AvgIpc) is 3.96. The highest BCUT2D eigenvalue weighted by Crippen LogP contribution is 2.47. The van der Waals surface area contributed by atoms with Gasteiger partial charge in [0.1, 0.15) is 0 Å². The number of nitrogens with zero attached hydrogens (tertiary/aromatic N) is 1. The lowest BCUT2D eigenvalue weighted by Gasteiger charge is -2.36. The van der Waals surface area contributed by atoms with Crippen molar-refractivity contribution in [3.63, 3.8) is 0 Å².